The van der Waals surface area contributed by atoms with Crippen molar-refractivity contribution in [2.24, 2.45) is 5.92 Å². The quantitative estimate of drug-likeness (QED) is 0.796. The predicted octanol–water partition coefficient (Wildman–Crippen LogP) is 3.12. The second kappa shape index (κ2) is 6.53. The molecule has 1 aromatic rings. The number of anilines is 1. The minimum Gasteiger partial charge on any atom is -0.381 e. The van der Waals surface area contributed by atoms with Crippen molar-refractivity contribution in [3.8, 4) is 0 Å². The van der Waals surface area contributed by atoms with Crippen molar-refractivity contribution in [3.63, 3.8) is 0 Å². The van der Waals surface area contributed by atoms with Crippen LogP contribution in [0.15, 0.2) is 6.33 Å². The summed E-state index contributed by atoms with van der Waals surface area (Å²) in [6.07, 6.45) is 3.80. The van der Waals surface area contributed by atoms with Gasteiger partial charge in [0, 0.05) is 32.4 Å². The molecule has 0 amide bonds. The maximum Gasteiger partial charge on any atom is 0.138 e. The Kier molecular flexibility index (Phi) is 4.99. The van der Waals surface area contributed by atoms with Gasteiger partial charge in [-0.3, -0.25) is 0 Å². The first kappa shape index (κ1) is 14.5. The Morgan fingerprint density at radius 1 is 1.37 bits per heavy atom. The molecule has 0 radical (unpaired) electrons. The van der Waals surface area contributed by atoms with Crippen molar-refractivity contribution in [1.82, 2.24) is 9.97 Å². The van der Waals surface area contributed by atoms with Crippen molar-refractivity contribution in [1.29, 1.82) is 0 Å². The molecule has 0 spiro atoms. The van der Waals surface area contributed by atoms with Crippen LogP contribution >= 0.6 is 11.6 Å². The first-order valence-electron chi connectivity index (χ1n) is 6.89. The highest BCUT2D eigenvalue weighted by atomic mass is 35.5. The van der Waals surface area contributed by atoms with Gasteiger partial charge in [-0.2, -0.15) is 0 Å². The Balaban J connectivity index is 2.13. The third-order valence-corrected chi connectivity index (χ3v) is 3.93. The van der Waals surface area contributed by atoms with Crippen molar-refractivity contribution in [3.05, 3.63) is 17.0 Å². The monoisotopic (exact) mass is 283 g/mol. The van der Waals surface area contributed by atoms with Crippen LogP contribution in [0, 0.1) is 5.92 Å². The Morgan fingerprint density at radius 2 is 2.05 bits per heavy atom. The molecule has 106 valence electrons. The fraction of sp³-hybridized carbons (Fsp3) is 0.714. The summed E-state index contributed by atoms with van der Waals surface area (Å²) in [6.45, 7) is 6.99. The summed E-state index contributed by atoms with van der Waals surface area (Å²) in [5.74, 6) is 1.95. The smallest absolute Gasteiger partial charge is 0.138 e. The van der Waals surface area contributed by atoms with E-state index in [2.05, 4.69) is 35.8 Å². The average Bonchev–Trinajstić information content (AvgIpc) is 2.39. The fourth-order valence-corrected chi connectivity index (χ4v) is 2.92. The molecule has 4 nitrogen and oxygen atoms in total. The van der Waals surface area contributed by atoms with Gasteiger partial charge in [0.05, 0.1) is 0 Å². The topological polar surface area (TPSA) is 38.2 Å². The van der Waals surface area contributed by atoms with Gasteiger partial charge in [-0.15, -0.1) is 0 Å². The number of hydrogen-bond acceptors (Lipinski definition) is 4. The zero-order chi connectivity index (χ0) is 13.8. The van der Waals surface area contributed by atoms with E-state index in [-0.39, 0.29) is 0 Å². The van der Waals surface area contributed by atoms with Crippen molar-refractivity contribution >= 4 is 17.4 Å². The molecule has 0 unspecified atom stereocenters. The molecule has 1 fully saturated rings. The Morgan fingerprint density at radius 3 is 2.68 bits per heavy atom. The van der Waals surface area contributed by atoms with E-state index in [4.69, 9.17) is 16.3 Å². The molecule has 2 rings (SSSR count). The van der Waals surface area contributed by atoms with Crippen LogP contribution in [-0.4, -0.2) is 36.8 Å². The maximum atomic E-state index is 6.21. The van der Waals surface area contributed by atoms with Crippen LogP contribution in [0.2, 0.25) is 5.15 Å². The van der Waals surface area contributed by atoms with Crippen LogP contribution in [0.5, 0.6) is 0 Å². The number of aromatic nitrogens is 2. The van der Waals surface area contributed by atoms with E-state index in [1.807, 2.05) is 0 Å². The van der Waals surface area contributed by atoms with Gasteiger partial charge >= 0.3 is 0 Å². The van der Waals surface area contributed by atoms with Gasteiger partial charge in [-0.05, 0) is 24.7 Å². The van der Waals surface area contributed by atoms with E-state index in [1.54, 1.807) is 6.33 Å². The summed E-state index contributed by atoms with van der Waals surface area (Å²) >= 11 is 6.21. The highest BCUT2D eigenvalue weighted by Gasteiger charge is 2.20. The number of ether oxygens (including phenoxy) is 1. The van der Waals surface area contributed by atoms with Crippen LogP contribution in [-0.2, 0) is 4.74 Å². The standard InChI is InChI=1S/C14H22ClN3O/c1-10(2)12-13(15)16-9-17-14(12)18(3)8-11-4-6-19-7-5-11/h9-11H,4-8H2,1-3H3. The predicted molar refractivity (Wildman–Crippen MR) is 77.9 cm³/mol. The lowest BCUT2D eigenvalue weighted by Crippen LogP contribution is -2.31. The molecule has 19 heavy (non-hydrogen) atoms. The van der Waals surface area contributed by atoms with E-state index in [0.29, 0.717) is 17.0 Å². The molecule has 1 aliphatic heterocycles. The summed E-state index contributed by atoms with van der Waals surface area (Å²) in [7, 11) is 2.08. The summed E-state index contributed by atoms with van der Waals surface area (Å²) in [5, 5.41) is 0.568. The zero-order valence-corrected chi connectivity index (χ0v) is 12.7. The third-order valence-electron chi connectivity index (χ3n) is 3.63. The lowest BCUT2D eigenvalue weighted by atomic mass is 9.99. The Bertz CT molecular complexity index is 419. The summed E-state index contributed by atoms with van der Waals surface area (Å²) < 4.78 is 5.40. The Hall–Kier alpha value is -0.870. The minimum absolute atomic E-state index is 0.320. The fourth-order valence-electron chi connectivity index (χ4n) is 2.57. The van der Waals surface area contributed by atoms with E-state index < -0.39 is 0 Å². The summed E-state index contributed by atoms with van der Waals surface area (Å²) in [4.78, 5) is 10.7. The van der Waals surface area contributed by atoms with Crippen LogP contribution in [0.4, 0.5) is 5.82 Å². The Labute approximate surface area is 120 Å². The summed E-state index contributed by atoms with van der Waals surface area (Å²) in [5.41, 5.74) is 1.04. The number of halogens is 1. The molecule has 1 aromatic heterocycles. The normalized spacial score (nSPS) is 16.9. The lowest BCUT2D eigenvalue weighted by molar-refractivity contribution is 0.0685. The number of nitrogens with zero attached hydrogens (tertiary/aromatic N) is 3. The second-order valence-electron chi connectivity index (χ2n) is 5.49. The number of rotatable bonds is 4. The van der Waals surface area contributed by atoms with Crippen molar-refractivity contribution in [2.45, 2.75) is 32.6 Å². The molecule has 0 aliphatic carbocycles. The molecule has 1 aliphatic rings. The van der Waals surface area contributed by atoms with E-state index >= 15 is 0 Å². The van der Waals surface area contributed by atoms with Gasteiger partial charge in [-0.25, -0.2) is 9.97 Å². The largest absolute Gasteiger partial charge is 0.381 e. The van der Waals surface area contributed by atoms with E-state index in [1.165, 1.54) is 0 Å². The highest BCUT2D eigenvalue weighted by Crippen LogP contribution is 2.30. The molecule has 0 aromatic carbocycles. The van der Waals surface area contributed by atoms with Crippen LogP contribution in [0.1, 0.15) is 38.2 Å². The molecule has 0 bridgehead atoms. The van der Waals surface area contributed by atoms with Gasteiger partial charge < -0.3 is 9.64 Å². The minimum atomic E-state index is 0.320. The SMILES string of the molecule is CC(C)c1c(Cl)ncnc1N(C)CC1CCOCC1. The molecule has 0 atom stereocenters. The van der Waals surface area contributed by atoms with E-state index in [0.717, 1.165) is 44.0 Å². The second-order valence-corrected chi connectivity index (χ2v) is 5.85. The summed E-state index contributed by atoms with van der Waals surface area (Å²) in [6, 6.07) is 0. The van der Waals surface area contributed by atoms with Gasteiger partial charge in [0.2, 0.25) is 0 Å². The zero-order valence-electron chi connectivity index (χ0n) is 11.9. The van der Waals surface area contributed by atoms with Gasteiger partial charge in [-0.1, -0.05) is 25.4 Å². The van der Waals surface area contributed by atoms with Gasteiger partial charge in [0.1, 0.15) is 17.3 Å². The molecule has 0 N–H and O–H groups in total. The molecule has 5 heteroatoms. The van der Waals surface area contributed by atoms with Crippen molar-refractivity contribution in [2.75, 3.05) is 31.7 Å². The average molecular weight is 284 g/mol. The first-order valence-corrected chi connectivity index (χ1v) is 7.26. The molecule has 0 saturated carbocycles. The van der Waals surface area contributed by atoms with Crippen LogP contribution in [0.25, 0.3) is 0 Å². The molecule has 1 saturated heterocycles. The third kappa shape index (κ3) is 3.57. The van der Waals surface area contributed by atoms with Crippen LogP contribution in [0.3, 0.4) is 0 Å². The van der Waals surface area contributed by atoms with Gasteiger partial charge in [0.15, 0.2) is 0 Å². The van der Waals surface area contributed by atoms with Crippen LogP contribution < -0.4 is 4.90 Å². The maximum absolute atomic E-state index is 6.21. The molecular weight excluding hydrogens is 262 g/mol. The lowest BCUT2D eigenvalue weighted by Gasteiger charge is -2.29. The number of hydrogen-bond donors (Lipinski definition) is 0. The van der Waals surface area contributed by atoms with E-state index in [9.17, 15) is 0 Å². The first-order chi connectivity index (χ1) is 9.09. The highest BCUT2D eigenvalue weighted by molar-refractivity contribution is 6.30. The van der Waals surface area contributed by atoms with Crippen molar-refractivity contribution < 1.29 is 4.74 Å². The molecular formula is C14H22ClN3O. The van der Waals surface area contributed by atoms with Gasteiger partial charge in [0.25, 0.3) is 0 Å². The molecule has 2 heterocycles.